The van der Waals surface area contributed by atoms with Crippen molar-refractivity contribution < 1.29 is 13.5 Å². The number of sulfonamides is 1. The predicted octanol–water partition coefficient (Wildman–Crippen LogP) is 0.584. The second-order valence-corrected chi connectivity index (χ2v) is 7.31. The van der Waals surface area contributed by atoms with Gasteiger partial charge >= 0.3 is 0 Å². The van der Waals surface area contributed by atoms with Gasteiger partial charge in [0.15, 0.2) is 5.03 Å². The quantitative estimate of drug-likeness (QED) is 0.803. The van der Waals surface area contributed by atoms with Crippen LogP contribution in [0.2, 0.25) is 0 Å². The highest BCUT2D eigenvalue weighted by Gasteiger charge is 2.19. The molecule has 0 aliphatic carbocycles. The van der Waals surface area contributed by atoms with Gasteiger partial charge in [-0.3, -0.25) is 0 Å². The lowest BCUT2D eigenvalue weighted by atomic mass is 9.94. The summed E-state index contributed by atoms with van der Waals surface area (Å²) in [5.41, 5.74) is 0.597. The summed E-state index contributed by atoms with van der Waals surface area (Å²) < 4.78 is 26.8. The number of rotatable bonds is 6. The van der Waals surface area contributed by atoms with Crippen LogP contribution < -0.4 is 4.72 Å². The van der Waals surface area contributed by atoms with E-state index in [2.05, 4.69) is 21.7 Å². The molecule has 118 valence electrons. The van der Waals surface area contributed by atoms with E-state index in [1.54, 1.807) is 6.07 Å². The van der Waals surface area contributed by atoms with Gasteiger partial charge in [-0.2, -0.15) is 0 Å². The number of nitrogens with zero attached hydrogens (tertiary/aromatic N) is 2. The van der Waals surface area contributed by atoms with Crippen molar-refractivity contribution in [3.8, 4) is 0 Å². The Morgan fingerprint density at radius 2 is 2.10 bits per heavy atom. The van der Waals surface area contributed by atoms with Crippen molar-refractivity contribution in [1.29, 1.82) is 0 Å². The lowest BCUT2D eigenvalue weighted by Crippen LogP contribution is -2.32. The molecule has 7 heteroatoms. The Balaban J connectivity index is 1.83. The highest BCUT2D eigenvalue weighted by Crippen LogP contribution is 2.19. The predicted molar refractivity (Wildman–Crippen MR) is 80.2 cm³/mol. The number of aliphatic hydroxyl groups is 1. The van der Waals surface area contributed by atoms with Crippen LogP contribution in [0, 0.1) is 5.92 Å². The lowest BCUT2D eigenvalue weighted by molar-refractivity contribution is 0.213. The van der Waals surface area contributed by atoms with E-state index in [9.17, 15) is 8.42 Å². The molecule has 1 saturated heterocycles. The van der Waals surface area contributed by atoms with Crippen molar-refractivity contribution in [3.63, 3.8) is 0 Å². The van der Waals surface area contributed by atoms with E-state index in [1.165, 1.54) is 12.3 Å². The van der Waals surface area contributed by atoms with Gasteiger partial charge in [0, 0.05) is 12.7 Å². The van der Waals surface area contributed by atoms with E-state index in [-0.39, 0.29) is 11.6 Å². The van der Waals surface area contributed by atoms with Crippen LogP contribution in [-0.2, 0) is 16.6 Å². The van der Waals surface area contributed by atoms with Crippen LogP contribution in [0.4, 0.5) is 0 Å². The lowest BCUT2D eigenvalue weighted by Gasteiger charge is -2.28. The fourth-order valence-electron chi connectivity index (χ4n) is 2.49. The summed E-state index contributed by atoms with van der Waals surface area (Å²) in [6, 6.07) is 2.99. The van der Waals surface area contributed by atoms with Crippen molar-refractivity contribution in [1.82, 2.24) is 14.6 Å². The molecule has 2 N–H and O–H groups in total. The number of likely N-dealkylation sites (tertiary alicyclic amines) is 1. The molecular formula is C14H23N3O3S. The van der Waals surface area contributed by atoms with Gasteiger partial charge in [0.1, 0.15) is 0 Å². The van der Waals surface area contributed by atoms with E-state index >= 15 is 0 Å². The van der Waals surface area contributed by atoms with E-state index in [1.807, 2.05) is 0 Å². The zero-order chi connectivity index (χ0) is 15.3. The topological polar surface area (TPSA) is 82.5 Å². The molecule has 1 fully saturated rings. The molecule has 2 heterocycles. The zero-order valence-electron chi connectivity index (χ0n) is 12.3. The number of aliphatic hydroxyl groups excluding tert-OH is 1. The summed E-state index contributed by atoms with van der Waals surface area (Å²) in [4.78, 5) is 6.18. The molecular weight excluding hydrogens is 290 g/mol. The molecule has 6 nitrogen and oxygen atoms in total. The van der Waals surface area contributed by atoms with Crippen molar-refractivity contribution >= 4 is 10.0 Å². The van der Waals surface area contributed by atoms with Gasteiger partial charge in [0.2, 0.25) is 0 Å². The van der Waals surface area contributed by atoms with Crippen LogP contribution in [0.25, 0.3) is 0 Å². The number of nitrogens with one attached hydrogen (secondary N) is 1. The van der Waals surface area contributed by atoms with Gasteiger partial charge in [0.05, 0.1) is 6.61 Å². The van der Waals surface area contributed by atoms with E-state index in [0.29, 0.717) is 18.0 Å². The fraction of sp³-hybridized carbons (Fsp3) is 0.643. The van der Waals surface area contributed by atoms with Crippen molar-refractivity contribution in [3.05, 3.63) is 23.9 Å². The molecule has 0 amide bonds. The Hall–Kier alpha value is -1.02. The van der Waals surface area contributed by atoms with E-state index in [0.717, 1.165) is 32.4 Å². The second kappa shape index (κ2) is 7.31. The normalized spacial score (nSPS) is 18.0. The number of pyridine rings is 1. The molecule has 1 aliphatic heterocycles. The highest BCUT2D eigenvalue weighted by atomic mass is 32.2. The van der Waals surface area contributed by atoms with Crippen LogP contribution in [0.15, 0.2) is 23.4 Å². The average Bonchev–Trinajstić information content (AvgIpc) is 2.49. The molecule has 0 spiro atoms. The SMILES string of the molecule is CN1CCC(CCNS(=O)(=O)c2ccc(CO)cn2)CC1. The Kier molecular flexibility index (Phi) is 5.69. The van der Waals surface area contributed by atoms with Crippen molar-refractivity contribution in [2.24, 2.45) is 5.92 Å². The summed E-state index contributed by atoms with van der Waals surface area (Å²) >= 11 is 0. The first-order valence-corrected chi connectivity index (χ1v) is 8.73. The van der Waals surface area contributed by atoms with Crippen LogP contribution >= 0.6 is 0 Å². The van der Waals surface area contributed by atoms with E-state index in [4.69, 9.17) is 5.11 Å². The minimum absolute atomic E-state index is 0.00285. The van der Waals surface area contributed by atoms with Gasteiger partial charge in [-0.25, -0.2) is 18.1 Å². The van der Waals surface area contributed by atoms with Crippen LogP contribution in [0.3, 0.4) is 0 Å². The standard InChI is InChI=1S/C14H23N3O3S/c1-17-8-5-12(6-9-17)4-7-16-21(19,20)14-3-2-13(11-18)10-15-14/h2-3,10,12,16,18H,4-9,11H2,1H3. The fourth-order valence-corrected chi connectivity index (χ4v) is 3.46. The minimum Gasteiger partial charge on any atom is -0.392 e. The molecule has 0 atom stereocenters. The van der Waals surface area contributed by atoms with Crippen LogP contribution in [0.1, 0.15) is 24.8 Å². The highest BCUT2D eigenvalue weighted by molar-refractivity contribution is 7.89. The molecule has 0 unspecified atom stereocenters. The van der Waals surface area contributed by atoms with Gasteiger partial charge in [-0.1, -0.05) is 6.07 Å². The van der Waals surface area contributed by atoms with Crippen LogP contribution in [0.5, 0.6) is 0 Å². The molecule has 0 radical (unpaired) electrons. The number of hydrogen-bond acceptors (Lipinski definition) is 5. The smallest absolute Gasteiger partial charge is 0.258 e. The molecule has 0 bridgehead atoms. The third-order valence-electron chi connectivity index (χ3n) is 3.94. The Morgan fingerprint density at radius 3 is 2.67 bits per heavy atom. The van der Waals surface area contributed by atoms with Crippen molar-refractivity contribution in [2.45, 2.75) is 30.9 Å². The molecule has 1 aliphatic rings. The van der Waals surface area contributed by atoms with E-state index < -0.39 is 10.0 Å². The zero-order valence-corrected chi connectivity index (χ0v) is 13.1. The molecule has 1 aromatic rings. The first-order chi connectivity index (χ1) is 10.0. The first-order valence-electron chi connectivity index (χ1n) is 7.25. The summed E-state index contributed by atoms with van der Waals surface area (Å²) in [5.74, 6) is 0.591. The third kappa shape index (κ3) is 4.74. The van der Waals surface area contributed by atoms with Gasteiger partial charge in [0.25, 0.3) is 10.0 Å². The Bertz CT molecular complexity index is 537. The van der Waals surface area contributed by atoms with Crippen LogP contribution in [-0.4, -0.2) is 50.1 Å². The van der Waals surface area contributed by atoms with Gasteiger partial charge in [-0.05, 0) is 56.9 Å². The number of aromatic nitrogens is 1. The average molecular weight is 313 g/mol. The maximum atomic E-state index is 12.1. The molecule has 0 saturated carbocycles. The number of piperidine rings is 1. The summed E-state index contributed by atoms with van der Waals surface area (Å²) in [6.45, 7) is 2.47. The van der Waals surface area contributed by atoms with Gasteiger partial charge in [-0.15, -0.1) is 0 Å². The minimum atomic E-state index is -3.55. The third-order valence-corrected chi connectivity index (χ3v) is 5.31. The molecule has 21 heavy (non-hydrogen) atoms. The summed E-state index contributed by atoms with van der Waals surface area (Å²) in [6.07, 6.45) is 4.50. The number of hydrogen-bond donors (Lipinski definition) is 2. The first kappa shape index (κ1) is 16.4. The maximum absolute atomic E-state index is 12.1. The largest absolute Gasteiger partial charge is 0.392 e. The van der Waals surface area contributed by atoms with Gasteiger partial charge < -0.3 is 10.0 Å². The molecule has 2 rings (SSSR count). The monoisotopic (exact) mass is 313 g/mol. The molecule has 0 aromatic carbocycles. The Labute approximate surface area is 126 Å². The van der Waals surface area contributed by atoms with Crippen molar-refractivity contribution in [2.75, 3.05) is 26.7 Å². The summed E-state index contributed by atoms with van der Waals surface area (Å²) in [5, 5.41) is 8.93. The molecule has 1 aromatic heterocycles. The Morgan fingerprint density at radius 1 is 1.38 bits per heavy atom. The second-order valence-electron chi connectivity index (χ2n) is 5.60. The summed E-state index contributed by atoms with van der Waals surface area (Å²) in [7, 11) is -1.44. The maximum Gasteiger partial charge on any atom is 0.258 e.